The number of nitrogen functional groups attached to an aromatic ring is 1. The van der Waals surface area contributed by atoms with Gasteiger partial charge in [0.15, 0.2) is 0 Å². The monoisotopic (exact) mass is 623 g/mol. The molecule has 0 aliphatic heterocycles. The van der Waals surface area contributed by atoms with E-state index in [1.165, 1.54) is 33.4 Å². The number of benzene rings is 3. The molecule has 0 aliphatic rings. The molecule has 0 fully saturated rings. The summed E-state index contributed by atoms with van der Waals surface area (Å²) in [6.45, 7) is 19.0. The van der Waals surface area contributed by atoms with E-state index in [-0.39, 0.29) is 5.84 Å². The van der Waals surface area contributed by atoms with Gasteiger partial charge in [0.05, 0.1) is 0 Å². The van der Waals surface area contributed by atoms with Gasteiger partial charge in [0.25, 0.3) is 0 Å². The van der Waals surface area contributed by atoms with Crippen molar-refractivity contribution in [3.8, 4) is 0 Å². The van der Waals surface area contributed by atoms with Gasteiger partial charge in [-0.1, -0.05) is 128 Å². The molecule has 0 unspecified atom stereocenters. The molecule has 4 rings (SSSR count). The Morgan fingerprint density at radius 3 is 1.37 bits per heavy atom. The molecule has 46 heavy (non-hydrogen) atoms. The summed E-state index contributed by atoms with van der Waals surface area (Å²) in [5, 5.41) is 7.23. The van der Waals surface area contributed by atoms with E-state index in [4.69, 9.17) is 22.6 Å². The number of nitrogens with zero attached hydrogens (tertiary/aromatic N) is 1. The molecule has 0 bridgehead atoms. The van der Waals surface area contributed by atoms with Crippen molar-refractivity contribution in [2.45, 2.75) is 93.7 Å². The van der Waals surface area contributed by atoms with Crippen molar-refractivity contribution in [3.05, 3.63) is 136 Å². The number of aromatic nitrogens is 1. The number of pyridine rings is 1. The van der Waals surface area contributed by atoms with Gasteiger partial charge >= 0.3 is 0 Å². The first-order valence-corrected chi connectivity index (χ1v) is 16.7. The Bertz CT molecular complexity index is 1340. The standard InChI is InChI=1S/C11H16N2.C11H17N.C10H15N.C9H13N/c1-8(2)7-9-3-5-10(6-4-9)11(12)13;1-9(2)7-10-3-5-11(8-12)6-4-10;1-8(2)10-5-3-4-9(6-10)7-11;1-8(2)7-9-3-5-10-6-4-9/h3-6,8H,7H2,1-2H3,(H3,12,13);3-6,9H,7-8,12H2,1-2H3;3-6,8H,7,11H2,1-2H3;3-6,8H,7H2,1-2H3. The molecular formula is C41H61N5. The zero-order chi connectivity index (χ0) is 34.5. The van der Waals surface area contributed by atoms with Gasteiger partial charge in [-0.3, -0.25) is 10.4 Å². The van der Waals surface area contributed by atoms with Crippen LogP contribution < -0.4 is 17.2 Å². The number of hydrogen-bond donors (Lipinski definition) is 4. The van der Waals surface area contributed by atoms with Crippen LogP contribution >= 0.6 is 0 Å². The zero-order valence-electron chi connectivity index (χ0n) is 29.8. The maximum atomic E-state index is 7.23. The molecule has 1 aromatic heterocycles. The fourth-order valence-corrected chi connectivity index (χ4v) is 4.64. The van der Waals surface area contributed by atoms with Crippen LogP contribution in [0.15, 0.2) is 97.3 Å². The number of amidine groups is 1. The summed E-state index contributed by atoms with van der Waals surface area (Å²) < 4.78 is 0. The lowest BCUT2D eigenvalue weighted by molar-refractivity contribution is 0.646. The smallest absolute Gasteiger partial charge is 0.122 e. The molecule has 5 heteroatoms. The van der Waals surface area contributed by atoms with E-state index in [0.29, 0.717) is 24.9 Å². The van der Waals surface area contributed by atoms with Crippen LogP contribution in [0.2, 0.25) is 0 Å². The number of nitrogens with two attached hydrogens (primary N) is 3. The Labute approximate surface area is 280 Å². The molecule has 250 valence electrons. The van der Waals surface area contributed by atoms with Crippen LogP contribution in [-0.4, -0.2) is 10.8 Å². The van der Waals surface area contributed by atoms with E-state index >= 15 is 0 Å². The maximum Gasteiger partial charge on any atom is 0.122 e. The molecule has 1 heterocycles. The lowest BCUT2D eigenvalue weighted by Crippen LogP contribution is -2.10. The molecule has 4 aromatic rings. The van der Waals surface area contributed by atoms with Crippen LogP contribution in [0.25, 0.3) is 0 Å². The highest BCUT2D eigenvalue weighted by molar-refractivity contribution is 5.94. The second kappa shape index (κ2) is 22.7. The molecule has 0 saturated heterocycles. The van der Waals surface area contributed by atoms with Gasteiger partial charge in [-0.05, 0) is 88.4 Å². The minimum Gasteiger partial charge on any atom is -0.384 e. The van der Waals surface area contributed by atoms with Gasteiger partial charge in [0.1, 0.15) is 5.84 Å². The van der Waals surface area contributed by atoms with Gasteiger partial charge in [-0.15, -0.1) is 0 Å². The van der Waals surface area contributed by atoms with E-state index in [9.17, 15) is 0 Å². The molecule has 0 radical (unpaired) electrons. The van der Waals surface area contributed by atoms with Crippen LogP contribution in [0.4, 0.5) is 0 Å². The number of rotatable bonds is 10. The number of hydrogen-bond acceptors (Lipinski definition) is 4. The van der Waals surface area contributed by atoms with Crippen molar-refractivity contribution < 1.29 is 0 Å². The van der Waals surface area contributed by atoms with Crippen molar-refractivity contribution in [2.75, 3.05) is 0 Å². The Kier molecular flexibility index (Phi) is 19.8. The lowest BCUT2D eigenvalue weighted by Gasteiger charge is -2.05. The minimum atomic E-state index is 0.135. The van der Waals surface area contributed by atoms with Crippen LogP contribution in [0.1, 0.15) is 100 Å². The fraction of sp³-hybridized carbons (Fsp3) is 0.415. The summed E-state index contributed by atoms with van der Waals surface area (Å²) in [7, 11) is 0. The van der Waals surface area contributed by atoms with Crippen molar-refractivity contribution in [1.82, 2.24) is 4.98 Å². The average Bonchev–Trinajstić information content (AvgIpc) is 3.02. The van der Waals surface area contributed by atoms with Gasteiger partial charge in [-0.25, -0.2) is 0 Å². The molecule has 0 amide bonds. The highest BCUT2D eigenvalue weighted by atomic mass is 14.7. The summed E-state index contributed by atoms with van der Waals surface area (Å²) in [4.78, 5) is 3.95. The van der Waals surface area contributed by atoms with E-state index < -0.39 is 0 Å². The van der Waals surface area contributed by atoms with Crippen LogP contribution in [0, 0.1) is 23.2 Å². The quantitative estimate of drug-likeness (QED) is 0.104. The summed E-state index contributed by atoms with van der Waals surface area (Å²) in [5.41, 5.74) is 25.1. The third-order valence-corrected chi connectivity index (χ3v) is 7.06. The summed E-state index contributed by atoms with van der Waals surface area (Å²) in [6.07, 6.45) is 7.08. The Morgan fingerprint density at radius 2 is 0.978 bits per heavy atom. The molecule has 3 aromatic carbocycles. The lowest BCUT2D eigenvalue weighted by atomic mass is 10.0. The van der Waals surface area contributed by atoms with E-state index in [0.717, 1.165) is 36.7 Å². The van der Waals surface area contributed by atoms with Gasteiger partial charge in [-0.2, -0.15) is 0 Å². The molecule has 5 nitrogen and oxygen atoms in total. The first-order chi connectivity index (χ1) is 21.8. The van der Waals surface area contributed by atoms with Crippen molar-refractivity contribution in [3.63, 3.8) is 0 Å². The predicted octanol–water partition coefficient (Wildman–Crippen LogP) is 9.06. The number of nitrogens with one attached hydrogen (secondary N) is 1. The second-order valence-electron chi connectivity index (χ2n) is 13.4. The zero-order valence-corrected chi connectivity index (χ0v) is 29.8. The third-order valence-electron chi connectivity index (χ3n) is 7.06. The topological polar surface area (TPSA) is 115 Å². The van der Waals surface area contributed by atoms with Crippen molar-refractivity contribution in [2.24, 2.45) is 35.0 Å². The first kappa shape index (κ1) is 40.2. The van der Waals surface area contributed by atoms with Crippen LogP contribution in [0.5, 0.6) is 0 Å². The second-order valence-corrected chi connectivity index (χ2v) is 13.4. The molecule has 0 atom stereocenters. The van der Waals surface area contributed by atoms with Gasteiger partial charge in [0.2, 0.25) is 0 Å². The Morgan fingerprint density at radius 1 is 0.565 bits per heavy atom. The molecular weight excluding hydrogens is 562 g/mol. The summed E-state index contributed by atoms with van der Waals surface area (Å²) in [5.74, 6) is 2.87. The fourth-order valence-electron chi connectivity index (χ4n) is 4.64. The van der Waals surface area contributed by atoms with E-state index in [1.54, 1.807) is 0 Å². The first-order valence-electron chi connectivity index (χ1n) is 16.7. The molecule has 0 saturated carbocycles. The minimum absolute atomic E-state index is 0.135. The Hall–Kier alpha value is -3.80. The van der Waals surface area contributed by atoms with E-state index in [2.05, 4.69) is 121 Å². The summed E-state index contributed by atoms with van der Waals surface area (Å²) in [6, 6.07) is 29.0. The highest BCUT2D eigenvalue weighted by Gasteiger charge is 2.00. The molecule has 7 N–H and O–H groups in total. The largest absolute Gasteiger partial charge is 0.384 e. The predicted molar refractivity (Wildman–Crippen MR) is 200 cm³/mol. The maximum absolute atomic E-state index is 7.23. The highest BCUT2D eigenvalue weighted by Crippen LogP contribution is 2.15. The third kappa shape index (κ3) is 18.2. The summed E-state index contributed by atoms with van der Waals surface area (Å²) >= 11 is 0. The van der Waals surface area contributed by atoms with E-state index in [1.807, 2.05) is 36.7 Å². The average molecular weight is 624 g/mol. The SMILES string of the molecule is CC(C)Cc1ccc(C(=N)N)cc1.CC(C)Cc1ccc(CN)cc1.CC(C)Cc1ccncc1.CC(C)c1cccc(CN)c1. The van der Waals surface area contributed by atoms with Crippen molar-refractivity contribution in [1.29, 1.82) is 5.41 Å². The Balaban J connectivity index is 0.000000308. The van der Waals surface area contributed by atoms with Gasteiger partial charge < -0.3 is 17.2 Å². The normalized spacial score (nSPS) is 10.5. The van der Waals surface area contributed by atoms with Crippen LogP contribution in [0.3, 0.4) is 0 Å². The van der Waals surface area contributed by atoms with Gasteiger partial charge in [0, 0.05) is 31.0 Å². The van der Waals surface area contributed by atoms with Crippen molar-refractivity contribution >= 4 is 5.84 Å². The van der Waals surface area contributed by atoms with Crippen LogP contribution in [-0.2, 0) is 32.4 Å². The molecule has 0 spiro atoms. The molecule has 0 aliphatic carbocycles.